The van der Waals surface area contributed by atoms with Crippen LogP contribution in [-0.4, -0.2) is 99.0 Å². The molecule has 0 fully saturated rings. The third-order valence-electron chi connectivity index (χ3n) is 3.84. The number of rotatable bonds is 14. The minimum atomic E-state index is -1.66. The summed E-state index contributed by atoms with van der Waals surface area (Å²) in [5.41, 5.74) is 5.47. The van der Waals surface area contributed by atoms with Crippen LogP contribution in [0.25, 0.3) is 0 Å². The Balaban J connectivity index is 5.20. The molecule has 3 amide bonds. The number of thioether (sulfide) groups is 1. The van der Waals surface area contributed by atoms with Gasteiger partial charge in [-0.15, -0.1) is 0 Å². The van der Waals surface area contributed by atoms with E-state index in [-0.39, 0.29) is 6.42 Å². The Labute approximate surface area is 176 Å². The summed E-state index contributed by atoms with van der Waals surface area (Å²) in [6.45, 7) is 0.255. The molecular formula is C16H28N4O9S. The highest BCUT2D eigenvalue weighted by molar-refractivity contribution is 7.98. The van der Waals surface area contributed by atoms with Gasteiger partial charge in [0.25, 0.3) is 0 Å². The minimum absolute atomic E-state index is 0.115. The van der Waals surface area contributed by atoms with Gasteiger partial charge in [0.1, 0.15) is 12.1 Å². The molecule has 9 N–H and O–H groups in total. The molecule has 0 aromatic heterocycles. The maximum Gasteiger partial charge on any atom is 0.328 e. The topological polar surface area (TPSA) is 228 Å². The van der Waals surface area contributed by atoms with Gasteiger partial charge in [0.2, 0.25) is 17.7 Å². The number of carboxylic acids is 2. The van der Waals surface area contributed by atoms with Crippen molar-refractivity contribution < 1.29 is 44.4 Å². The number of carboxylic acid groups (broad SMARTS) is 2. The standard InChI is InChI=1S/C16H28N4O9S/c1-7(22)12(16(28)29)20-15(27)10(6-21)19-14(26)9(3-4-30-2)18-13(25)8(17)5-11(23)24/h7-10,12,21-22H,3-6,17H2,1-2H3,(H,18,25)(H,19,26)(H,20,27)(H,23,24)(H,28,29). The largest absolute Gasteiger partial charge is 0.481 e. The molecule has 0 heterocycles. The molecule has 0 spiro atoms. The van der Waals surface area contributed by atoms with Gasteiger partial charge in [0.15, 0.2) is 6.04 Å². The summed E-state index contributed by atoms with van der Waals surface area (Å²) >= 11 is 1.36. The molecule has 30 heavy (non-hydrogen) atoms. The smallest absolute Gasteiger partial charge is 0.328 e. The van der Waals surface area contributed by atoms with Crippen LogP contribution in [0.1, 0.15) is 19.8 Å². The highest BCUT2D eigenvalue weighted by atomic mass is 32.2. The highest BCUT2D eigenvalue weighted by Crippen LogP contribution is 2.03. The molecule has 0 aliphatic heterocycles. The number of nitrogens with one attached hydrogen (secondary N) is 3. The van der Waals surface area contributed by atoms with Crippen LogP contribution < -0.4 is 21.7 Å². The number of nitrogens with two attached hydrogens (primary N) is 1. The molecule has 0 aliphatic rings. The quantitative estimate of drug-likeness (QED) is 0.129. The zero-order valence-electron chi connectivity index (χ0n) is 16.5. The van der Waals surface area contributed by atoms with E-state index in [4.69, 9.17) is 15.9 Å². The lowest BCUT2D eigenvalue weighted by molar-refractivity contribution is -0.145. The predicted octanol–water partition coefficient (Wildman–Crippen LogP) is -3.55. The number of aliphatic hydroxyl groups excluding tert-OH is 2. The van der Waals surface area contributed by atoms with Crippen molar-refractivity contribution in [2.75, 3.05) is 18.6 Å². The number of carbonyl (C=O) groups is 5. The molecule has 0 saturated heterocycles. The first kappa shape index (κ1) is 27.6. The van der Waals surface area contributed by atoms with Gasteiger partial charge in [-0.2, -0.15) is 11.8 Å². The second-order valence-corrected chi connectivity index (χ2v) is 7.34. The number of aliphatic hydroxyl groups is 2. The molecule has 13 nitrogen and oxygen atoms in total. The molecule has 0 aromatic rings. The fraction of sp³-hybridized carbons (Fsp3) is 0.688. The van der Waals surface area contributed by atoms with E-state index in [0.29, 0.717) is 5.75 Å². The summed E-state index contributed by atoms with van der Waals surface area (Å²) in [6, 6.07) is -5.80. The van der Waals surface area contributed by atoms with Crippen LogP contribution in [0, 0.1) is 0 Å². The number of amides is 3. The average Bonchev–Trinajstić information content (AvgIpc) is 2.65. The number of aliphatic carboxylic acids is 2. The van der Waals surface area contributed by atoms with Gasteiger partial charge >= 0.3 is 11.9 Å². The second kappa shape index (κ2) is 13.7. The molecule has 172 valence electrons. The van der Waals surface area contributed by atoms with Crippen molar-refractivity contribution in [3.63, 3.8) is 0 Å². The third kappa shape index (κ3) is 9.87. The number of hydrogen-bond donors (Lipinski definition) is 8. The van der Waals surface area contributed by atoms with Crippen molar-refractivity contribution in [3.05, 3.63) is 0 Å². The van der Waals surface area contributed by atoms with Gasteiger partial charge < -0.3 is 42.1 Å². The predicted molar refractivity (Wildman–Crippen MR) is 105 cm³/mol. The lowest BCUT2D eigenvalue weighted by Crippen LogP contribution is -2.59. The van der Waals surface area contributed by atoms with Gasteiger partial charge in [-0.1, -0.05) is 0 Å². The molecule has 0 bridgehead atoms. The van der Waals surface area contributed by atoms with Crippen LogP contribution in [0.2, 0.25) is 0 Å². The van der Waals surface area contributed by atoms with Crippen LogP contribution >= 0.6 is 11.8 Å². The van der Waals surface area contributed by atoms with Crippen LogP contribution in [0.3, 0.4) is 0 Å². The molecule has 0 rings (SSSR count). The van der Waals surface area contributed by atoms with E-state index in [9.17, 15) is 34.2 Å². The maximum atomic E-state index is 12.5. The summed E-state index contributed by atoms with van der Waals surface area (Å²) < 4.78 is 0. The van der Waals surface area contributed by atoms with E-state index in [1.54, 1.807) is 6.26 Å². The van der Waals surface area contributed by atoms with E-state index in [2.05, 4.69) is 10.6 Å². The molecule has 0 saturated carbocycles. The van der Waals surface area contributed by atoms with Gasteiger partial charge in [-0.3, -0.25) is 19.2 Å². The molecule has 0 radical (unpaired) electrons. The first-order chi connectivity index (χ1) is 13.9. The highest BCUT2D eigenvalue weighted by Gasteiger charge is 2.31. The van der Waals surface area contributed by atoms with Crippen LogP contribution in [-0.2, 0) is 24.0 Å². The van der Waals surface area contributed by atoms with Crippen LogP contribution in [0.4, 0.5) is 0 Å². The van der Waals surface area contributed by atoms with E-state index in [1.807, 2.05) is 5.32 Å². The summed E-state index contributed by atoms with van der Waals surface area (Å²) in [5.74, 6) is -5.20. The third-order valence-corrected chi connectivity index (χ3v) is 4.48. The van der Waals surface area contributed by atoms with E-state index in [0.717, 1.165) is 6.92 Å². The first-order valence-electron chi connectivity index (χ1n) is 8.83. The van der Waals surface area contributed by atoms with Crippen LogP contribution in [0.15, 0.2) is 0 Å². The summed E-state index contributed by atoms with van der Waals surface area (Å²) in [6.07, 6.45) is -0.228. The van der Waals surface area contributed by atoms with Crippen molar-refractivity contribution in [3.8, 4) is 0 Å². The Morgan fingerprint density at radius 2 is 1.50 bits per heavy atom. The Hall–Kier alpha value is -2.42. The zero-order valence-corrected chi connectivity index (χ0v) is 17.3. The lowest BCUT2D eigenvalue weighted by atomic mass is 10.1. The number of carbonyl (C=O) groups excluding carboxylic acids is 3. The van der Waals surface area contributed by atoms with Crippen molar-refractivity contribution >= 4 is 41.4 Å². The van der Waals surface area contributed by atoms with Gasteiger partial charge in [-0.25, -0.2) is 4.79 Å². The van der Waals surface area contributed by atoms with E-state index < -0.39 is 73.0 Å². The Morgan fingerprint density at radius 1 is 0.967 bits per heavy atom. The normalized spacial score (nSPS) is 15.8. The first-order valence-corrected chi connectivity index (χ1v) is 10.2. The second-order valence-electron chi connectivity index (χ2n) is 6.36. The monoisotopic (exact) mass is 452 g/mol. The molecule has 14 heteroatoms. The Bertz CT molecular complexity index is 632. The van der Waals surface area contributed by atoms with Gasteiger partial charge in [-0.05, 0) is 25.4 Å². The SMILES string of the molecule is CSCCC(NC(=O)C(N)CC(=O)O)C(=O)NC(CO)C(=O)NC(C(=O)O)C(C)O. The van der Waals surface area contributed by atoms with Crippen LogP contribution in [0.5, 0.6) is 0 Å². The van der Waals surface area contributed by atoms with E-state index in [1.165, 1.54) is 11.8 Å². The molecule has 5 atom stereocenters. The fourth-order valence-electron chi connectivity index (χ4n) is 2.17. The van der Waals surface area contributed by atoms with Crippen molar-refractivity contribution in [1.82, 2.24) is 16.0 Å². The molecule has 0 aliphatic carbocycles. The Kier molecular flexibility index (Phi) is 12.6. The van der Waals surface area contributed by atoms with Crippen molar-refractivity contribution in [2.45, 2.75) is 50.0 Å². The minimum Gasteiger partial charge on any atom is -0.481 e. The molecule has 0 aromatic carbocycles. The Morgan fingerprint density at radius 3 is 1.93 bits per heavy atom. The average molecular weight is 452 g/mol. The molecular weight excluding hydrogens is 424 g/mol. The summed E-state index contributed by atoms with van der Waals surface area (Å²) in [7, 11) is 0. The van der Waals surface area contributed by atoms with Crippen molar-refractivity contribution in [2.24, 2.45) is 5.73 Å². The summed E-state index contributed by atoms with van der Waals surface area (Å²) in [4.78, 5) is 58.5. The van der Waals surface area contributed by atoms with E-state index >= 15 is 0 Å². The van der Waals surface area contributed by atoms with Crippen molar-refractivity contribution in [1.29, 1.82) is 0 Å². The van der Waals surface area contributed by atoms with Gasteiger partial charge in [0, 0.05) is 0 Å². The summed E-state index contributed by atoms with van der Waals surface area (Å²) in [5, 5.41) is 43.0. The lowest BCUT2D eigenvalue weighted by Gasteiger charge is -2.24. The fourth-order valence-corrected chi connectivity index (χ4v) is 2.64. The number of hydrogen-bond acceptors (Lipinski definition) is 9. The molecule has 5 unspecified atom stereocenters. The maximum absolute atomic E-state index is 12.5. The zero-order chi connectivity index (χ0) is 23.4. The van der Waals surface area contributed by atoms with Gasteiger partial charge in [0.05, 0.1) is 25.2 Å².